The van der Waals surface area contributed by atoms with E-state index in [2.05, 4.69) is 26.1 Å². The number of thiophene rings is 1. The standard InChI is InChI=1S/C14H18N2OS/c1-14(2,3)8-16-13(17)12-7-9-6-10(15)4-5-11(9)18-12/h4-7H,8,15H2,1-3H3,(H,16,17). The zero-order valence-electron chi connectivity index (χ0n) is 10.9. The van der Waals surface area contributed by atoms with Crippen molar-refractivity contribution in [2.75, 3.05) is 12.3 Å². The number of fused-ring (bicyclic) bond motifs is 1. The van der Waals surface area contributed by atoms with Gasteiger partial charge in [-0.1, -0.05) is 20.8 Å². The van der Waals surface area contributed by atoms with E-state index in [1.54, 1.807) is 0 Å². The van der Waals surface area contributed by atoms with Gasteiger partial charge < -0.3 is 11.1 Å². The highest BCUT2D eigenvalue weighted by Crippen LogP contribution is 2.27. The Bertz CT molecular complexity index is 581. The van der Waals surface area contributed by atoms with Gasteiger partial charge in [-0.25, -0.2) is 0 Å². The zero-order chi connectivity index (χ0) is 13.3. The lowest BCUT2D eigenvalue weighted by Crippen LogP contribution is -2.31. The molecule has 0 unspecified atom stereocenters. The average molecular weight is 262 g/mol. The summed E-state index contributed by atoms with van der Waals surface area (Å²) >= 11 is 1.50. The molecule has 2 aromatic rings. The van der Waals surface area contributed by atoms with Crippen LogP contribution in [0.25, 0.3) is 10.1 Å². The molecule has 1 aromatic heterocycles. The van der Waals surface area contributed by atoms with E-state index in [0.717, 1.165) is 20.7 Å². The van der Waals surface area contributed by atoms with Gasteiger partial charge in [0.1, 0.15) is 0 Å². The van der Waals surface area contributed by atoms with Crippen LogP contribution in [0.4, 0.5) is 5.69 Å². The Morgan fingerprint density at radius 3 is 2.72 bits per heavy atom. The van der Waals surface area contributed by atoms with Crippen LogP contribution in [0, 0.1) is 5.41 Å². The molecule has 0 bridgehead atoms. The highest BCUT2D eigenvalue weighted by Gasteiger charge is 2.14. The van der Waals surface area contributed by atoms with Crippen molar-refractivity contribution in [2.24, 2.45) is 5.41 Å². The summed E-state index contributed by atoms with van der Waals surface area (Å²) < 4.78 is 1.09. The second-order valence-corrected chi connectivity index (χ2v) is 6.74. The molecule has 4 heteroatoms. The van der Waals surface area contributed by atoms with Crippen LogP contribution >= 0.6 is 11.3 Å². The molecule has 2 rings (SSSR count). The number of nitrogens with one attached hydrogen (secondary N) is 1. The number of nitrogen functional groups attached to an aromatic ring is 1. The molecule has 3 nitrogen and oxygen atoms in total. The van der Waals surface area contributed by atoms with Crippen LogP contribution in [0.5, 0.6) is 0 Å². The first kappa shape index (κ1) is 12.9. The van der Waals surface area contributed by atoms with Gasteiger partial charge >= 0.3 is 0 Å². The van der Waals surface area contributed by atoms with Gasteiger partial charge in [0.05, 0.1) is 4.88 Å². The fourth-order valence-corrected chi connectivity index (χ4v) is 2.57. The Kier molecular flexibility index (Phi) is 3.30. The molecule has 0 saturated carbocycles. The van der Waals surface area contributed by atoms with Crippen LogP contribution in [0.3, 0.4) is 0 Å². The van der Waals surface area contributed by atoms with Crippen molar-refractivity contribution in [3.05, 3.63) is 29.1 Å². The zero-order valence-corrected chi connectivity index (χ0v) is 11.7. The summed E-state index contributed by atoms with van der Waals surface area (Å²) in [5.74, 6) is -0.00954. The number of amides is 1. The summed E-state index contributed by atoms with van der Waals surface area (Å²) in [5, 5.41) is 3.98. The van der Waals surface area contributed by atoms with E-state index in [0.29, 0.717) is 6.54 Å². The van der Waals surface area contributed by atoms with Crippen LogP contribution in [-0.2, 0) is 0 Å². The van der Waals surface area contributed by atoms with E-state index in [1.807, 2.05) is 24.3 Å². The van der Waals surface area contributed by atoms with Crippen molar-refractivity contribution in [3.63, 3.8) is 0 Å². The Hall–Kier alpha value is -1.55. The predicted molar refractivity (Wildman–Crippen MR) is 78.0 cm³/mol. The van der Waals surface area contributed by atoms with E-state index < -0.39 is 0 Å². The third kappa shape index (κ3) is 3.01. The molecule has 0 aliphatic carbocycles. The minimum absolute atomic E-state index is 0.00954. The second kappa shape index (κ2) is 4.61. The van der Waals surface area contributed by atoms with Crippen LogP contribution < -0.4 is 11.1 Å². The van der Waals surface area contributed by atoms with Gasteiger partial charge in [0.2, 0.25) is 0 Å². The lowest BCUT2D eigenvalue weighted by molar-refractivity contribution is 0.0943. The van der Waals surface area contributed by atoms with E-state index >= 15 is 0 Å². The van der Waals surface area contributed by atoms with Crippen molar-refractivity contribution in [3.8, 4) is 0 Å². The van der Waals surface area contributed by atoms with Crippen molar-refractivity contribution in [2.45, 2.75) is 20.8 Å². The lowest BCUT2D eigenvalue weighted by Gasteiger charge is -2.18. The molecule has 3 N–H and O–H groups in total. The smallest absolute Gasteiger partial charge is 0.261 e. The van der Waals surface area contributed by atoms with Crippen molar-refractivity contribution in [1.82, 2.24) is 5.32 Å². The molecule has 0 atom stereocenters. The van der Waals surface area contributed by atoms with E-state index in [9.17, 15) is 4.79 Å². The molecular weight excluding hydrogens is 244 g/mol. The van der Waals surface area contributed by atoms with E-state index in [1.165, 1.54) is 11.3 Å². The van der Waals surface area contributed by atoms with Gasteiger partial charge in [0.15, 0.2) is 0 Å². The van der Waals surface area contributed by atoms with Crippen LogP contribution in [0.15, 0.2) is 24.3 Å². The molecular formula is C14H18N2OS. The summed E-state index contributed by atoms with van der Waals surface area (Å²) in [6, 6.07) is 7.60. The highest BCUT2D eigenvalue weighted by atomic mass is 32.1. The van der Waals surface area contributed by atoms with Crippen molar-refractivity contribution >= 4 is 33.0 Å². The second-order valence-electron chi connectivity index (χ2n) is 5.65. The Morgan fingerprint density at radius 2 is 2.06 bits per heavy atom. The highest BCUT2D eigenvalue weighted by molar-refractivity contribution is 7.20. The summed E-state index contributed by atoms with van der Waals surface area (Å²) in [6.45, 7) is 6.96. The monoisotopic (exact) mass is 262 g/mol. The molecule has 1 amide bonds. The maximum Gasteiger partial charge on any atom is 0.261 e. The van der Waals surface area contributed by atoms with Crippen LogP contribution in [0.1, 0.15) is 30.4 Å². The molecule has 96 valence electrons. The summed E-state index contributed by atoms with van der Waals surface area (Å²) in [7, 11) is 0. The lowest BCUT2D eigenvalue weighted by atomic mass is 9.97. The van der Waals surface area contributed by atoms with Gasteiger partial charge in [0, 0.05) is 16.9 Å². The maximum absolute atomic E-state index is 12.0. The minimum atomic E-state index is -0.00954. The molecule has 18 heavy (non-hydrogen) atoms. The Balaban J connectivity index is 2.18. The number of rotatable bonds is 2. The number of hydrogen-bond donors (Lipinski definition) is 2. The number of carbonyl (C=O) groups is 1. The molecule has 0 spiro atoms. The topological polar surface area (TPSA) is 55.1 Å². The third-order valence-corrected chi connectivity index (χ3v) is 3.66. The molecule has 0 aliphatic heterocycles. The van der Waals surface area contributed by atoms with Crippen LogP contribution in [-0.4, -0.2) is 12.5 Å². The van der Waals surface area contributed by atoms with Crippen molar-refractivity contribution in [1.29, 1.82) is 0 Å². The SMILES string of the molecule is CC(C)(C)CNC(=O)c1cc2cc(N)ccc2s1. The molecule has 1 heterocycles. The first-order valence-corrected chi connectivity index (χ1v) is 6.74. The summed E-state index contributed by atoms with van der Waals surface area (Å²) in [6.07, 6.45) is 0. The fraction of sp³-hybridized carbons (Fsp3) is 0.357. The minimum Gasteiger partial charge on any atom is -0.399 e. The first-order chi connectivity index (χ1) is 8.35. The summed E-state index contributed by atoms with van der Waals surface area (Å²) in [5.41, 5.74) is 6.55. The molecule has 0 saturated heterocycles. The van der Waals surface area contributed by atoms with Gasteiger partial charge in [0.25, 0.3) is 5.91 Å². The third-order valence-electron chi connectivity index (χ3n) is 2.54. The molecule has 0 fully saturated rings. The van der Waals surface area contributed by atoms with E-state index in [-0.39, 0.29) is 11.3 Å². The van der Waals surface area contributed by atoms with Gasteiger partial charge in [-0.15, -0.1) is 11.3 Å². The first-order valence-electron chi connectivity index (χ1n) is 5.92. The fourth-order valence-electron chi connectivity index (χ4n) is 1.61. The number of hydrogen-bond acceptors (Lipinski definition) is 3. The van der Waals surface area contributed by atoms with Gasteiger partial charge in [-0.3, -0.25) is 4.79 Å². The van der Waals surface area contributed by atoms with Crippen molar-refractivity contribution < 1.29 is 4.79 Å². The Morgan fingerprint density at radius 1 is 1.33 bits per heavy atom. The summed E-state index contributed by atoms with van der Waals surface area (Å²) in [4.78, 5) is 12.7. The Labute approximate surface area is 111 Å². The van der Waals surface area contributed by atoms with Gasteiger partial charge in [-0.2, -0.15) is 0 Å². The number of nitrogens with two attached hydrogens (primary N) is 1. The maximum atomic E-state index is 12.0. The molecule has 1 aromatic carbocycles. The van der Waals surface area contributed by atoms with E-state index in [4.69, 9.17) is 5.73 Å². The number of carbonyl (C=O) groups excluding carboxylic acids is 1. The molecule has 0 aliphatic rings. The number of anilines is 1. The average Bonchev–Trinajstić information content (AvgIpc) is 2.67. The number of benzene rings is 1. The largest absolute Gasteiger partial charge is 0.399 e. The quantitative estimate of drug-likeness (QED) is 0.816. The van der Waals surface area contributed by atoms with Gasteiger partial charge in [-0.05, 0) is 35.1 Å². The molecule has 0 radical (unpaired) electrons. The normalized spacial score (nSPS) is 11.7. The van der Waals surface area contributed by atoms with Crippen LogP contribution in [0.2, 0.25) is 0 Å². The predicted octanol–water partition coefficient (Wildman–Crippen LogP) is 3.26.